The van der Waals surface area contributed by atoms with E-state index in [-0.39, 0.29) is 12.6 Å². The Morgan fingerprint density at radius 1 is 1.20 bits per heavy atom. The number of piperazine rings is 1. The predicted octanol–water partition coefficient (Wildman–Crippen LogP) is 6.11. The fourth-order valence-electron chi connectivity index (χ4n) is 5.55. The van der Waals surface area contributed by atoms with Crippen molar-refractivity contribution in [3.63, 3.8) is 0 Å². The summed E-state index contributed by atoms with van der Waals surface area (Å²) in [5.74, 6) is 0.690. The van der Waals surface area contributed by atoms with Crippen LogP contribution in [0.15, 0.2) is 36.5 Å². The van der Waals surface area contributed by atoms with Gasteiger partial charge >= 0.3 is 6.09 Å². The Kier molecular flexibility index (Phi) is 9.34. The molecule has 8 nitrogen and oxygen atoms in total. The molecule has 0 radical (unpaired) electrons. The molecule has 3 aromatic rings. The zero-order chi connectivity index (χ0) is 29.9. The molecule has 1 aromatic heterocycles. The van der Waals surface area contributed by atoms with Crippen molar-refractivity contribution in [1.82, 2.24) is 14.4 Å². The van der Waals surface area contributed by atoms with Crippen molar-refractivity contribution in [2.24, 2.45) is 0 Å². The van der Waals surface area contributed by atoms with Gasteiger partial charge < -0.3 is 14.8 Å². The minimum atomic E-state index is -2.43. The van der Waals surface area contributed by atoms with Crippen molar-refractivity contribution in [2.45, 2.75) is 59.2 Å². The van der Waals surface area contributed by atoms with E-state index in [0.717, 1.165) is 39.6 Å². The van der Waals surface area contributed by atoms with Crippen molar-refractivity contribution in [3.05, 3.63) is 58.8 Å². The highest BCUT2D eigenvalue weighted by Crippen LogP contribution is 2.37. The number of ether oxygens (including phenoxy) is 2. The second-order valence-corrected chi connectivity index (χ2v) is 11.4. The number of fused-ring (bicyclic) bond motifs is 1. The van der Waals surface area contributed by atoms with Gasteiger partial charge in [0.2, 0.25) is 0 Å². The van der Waals surface area contributed by atoms with Crippen molar-refractivity contribution in [3.8, 4) is 5.75 Å². The zero-order valence-electron chi connectivity index (χ0n) is 24.7. The van der Waals surface area contributed by atoms with E-state index in [1.54, 1.807) is 24.3 Å². The summed E-state index contributed by atoms with van der Waals surface area (Å²) in [5, 5.41) is 4.11. The lowest BCUT2D eigenvalue weighted by atomic mass is 9.97. The second-order valence-electron chi connectivity index (χ2n) is 11.4. The first-order valence-corrected chi connectivity index (χ1v) is 13.9. The third-order valence-electron chi connectivity index (χ3n) is 7.33. The van der Waals surface area contributed by atoms with Gasteiger partial charge in [0.15, 0.2) is 6.29 Å². The van der Waals surface area contributed by atoms with Crippen LogP contribution in [-0.4, -0.2) is 78.6 Å². The molecule has 41 heavy (non-hydrogen) atoms. The van der Waals surface area contributed by atoms with Gasteiger partial charge in [-0.1, -0.05) is 6.07 Å². The van der Waals surface area contributed by atoms with Crippen LogP contribution < -0.4 is 10.1 Å². The van der Waals surface area contributed by atoms with Gasteiger partial charge in [0, 0.05) is 67.2 Å². The standard InChI is InChI=1S/C31H40F2N4O4/c1-7-34-25-15-21(8-9-22(25)19-38)26-17-35(18-28(32)33)12-13-36(26)16-24-23-10-11-37(30(39)41-31(3,4)5)29(23)20(2)14-27(24)40-6/h8-11,14-15,19,26,28,34H,7,12-13,16-18H2,1-6H3. The highest BCUT2D eigenvalue weighted by Gasteiger charge is 2.32. The van der Waals surface area contributed by atoms with Gasteiger partial charge in [0.25, 0.3) is 6.43 Å². The number of anilines is 1. The minimum absolute atomic E-state index is 0.213. The van der Waals surface area contributed by atoms with Crippen molar-refractivity contribution in [2.75, 3.05) is 45.2 Å². The average molecular weight is 571 g/mol. The predicted molar refractivity (Wildman–Crippen MR) is 156 cm³/mol. The lowest BCUT2D eigenvalue weighted by Crippen LogP contribution is -2.49. The summed E-state index contributed by atoms with van der Waals surface area (Å²) in [4.78, 5) is 28.7. The highest BCUT2D eigenvalue weighted by molar-refractivity contribution is 5.95. The van der Waals surface area contributed by atoms with E-state index in [4.69, 9.17) is 9.47 Å². The largest absolute Gasteiger partial charge is 0.496 e. The maximum atomic E-state index is 13.4. The number of hydrogen-bond acceptors (Lipinski definition) is 7. The van der Waals surface area contributed by atoms with Gasteiger partial charge in [0.05, 0.1) is 19.2 Å². The van der Waals surface area contributed by atoms with E-state index in [2.05, 4.69) is 10.2 Å². The Bertz CT molecular complexity index is 1400. The Balaban J connectivity index is 1.76. The Morgan fingerprint density at radius 2 is 1.95 bits per heavy atom. The summed E-state index contributed by atoms with van der Waals surface area (Å²) in [6, 6.07) is 9.22. The quantitative estimate of drug-likeness (QED) is 0.311. The van der Waals surface area contributed by atoms with Gasteiger partial charge in [-0.2, -0.15) is 0 Å². The fourth-order valence-corrected chi connectivity index (χ4v) is 5.55. The normalized spacial score (nSPS) is 16.8. The van der Waals surface area contributed by atoms with Crippen molar-refractivity contribution >= 4 is 29.0 Å². The number of aromatic nitrogens is 1. The van der Waals surface area contributed by atoms with Crippen LogP contribution in [0, 0.1) is 6.92 Å². The van der Waals surface area contributed by atoms with E-state index in [1.807, 2.05) is 58.9 Å². The maximum absolute atomic E-state index is 13.4. The van der Waals surface area contributed by atoms with Crippen LogP contribution in [0.3, 0.4) is 0 Å². The van der Waals surface area contributed by atoms with Gasteiger partial charge in [-0.15, -0.1) is 0 Å². The smallest absolute Gasteiger partial charge is 0.419 e. The summed E-state index contributed by atoms with van der Waals surface area (Å²) in [7, 11) is 1.62. The molecule has 2 aromatic carbocycles. The number of halogens is 2. The van der Waals surface area contributed by atoms with Gasteiger partial charge in [-0.05, 0) is 70.0 Å². The number of nitrogens with one attached hydrogen (secondary N) is 1. The Morgan fingerprint density at radius 3 is 2.59 bits per heavy atom. The molecular weight excluding hydrogens is 530 g/mol. The summed E-state index contributed by atoms with van der Waals surface area (Å²) >= 11 is 0. The van der Waals surface area contributed by atoms with E-state index in [0.29, 0.717) is 44.0 Å². The molecule has 1 fully saturated rings. The number of aldehydes is 1. The number of rotatable bonds is 9. The lowest BCUT2D eigenvalue weighted by molar-refractivity contribution is 0.0246. The maximum Gasteiger partial charge on any atom is 0.419 e. The van der Waals surface area contributed by atoms with Crippen LogP contribution in [0.2, 0.25) is 0 Å². The molecule has 2 heterocycles. The number of carbonyl (C=O) groups is 2. The van der Waals surface area contributed by atoms with Crippen molar-refractivity contribution < 1.29 is 27.8 Å². The van der Waals surface area contributed by atoms with Crippen LogP contribution in [0.4, 0.5) is 19.3 Å². The summed E-state index contributed by atoms with van der Waals surface area (Å²) in [6.07, 6.45) is -0.363. The van der Waals surface area contributed by atoms with E-state index in [1.165, 1.54) is 4.57 Å². The molecule has 1 aliphatic rings. The molecular formula is C31H40F2N4O4. The number of aryl methyl sites for hydroxylation is 1. The first kappa shape index (κ1) is 30.5. The average Bonchev–Trinajstić information content (AvgIpc) is 3.36. The van der Waals surface area contributed by atoms with Crippen molar-refractivity contribution in [1.29, 1.82) is 0 Å². The molecule has 1 unspecified atom stereocenters. The first-order chi connectivity index (χ1) is 19.4. The Labute approximate surface area is 240 Å². The molecule has 1 saturated heterocycles. The molecule has 4 rings (SSSR count). The fraction of sp³-hybridized carbons (Fsp3) is 0.484. The first-order valence-electron chi connectivity index (χ1n) is 13.9. The van der Waals surface area contributed by atoms with Gasteiger partial charge in [-0.25, -0.2) is 13.6 Å². The van der Waals surface area contributed by atoms with Gasteiger partial charge in [-0.3, -0.25) is 19.2 Å². The number of methoxy groups -OCH3 is 1. The van der Waals surface area contributed by atoms with E-state index < -0.39 is 18.1 Å². The topological polar surface area (TPSA) is 76.0 Å². The minimum Gasteiger partial charge on any atom is -0.496 e. The molecule has 0 saturated carbocycles. The van der Waals surface area contributed by atoms with Crippen LogP contribution in [0.5, 0.6) is 5.75 Å². The molecule has 222 valence electrons. The zero-order valence-corrected chi connectivity index (χ0v) is 24.7. The molecule has 10 heteroatoms. The monoisotopic (exact) mass is 570 g/mol. The van der Waals surface area contributed by atoms with Crippen LogP contribution >= 0.6 is 0 Å². The summed E-state index contributed by atoms with van der Waals surface area (Å²) in [5.41, 5.74) is 4.07. The molecule has 1 aliphatic heterocycles. The molecule has 0 amide bonds. The molecule has 1 atom stereocenters. The SMILES string of the molecule is CCNc1cc(C2CN(CC(F)F)CCN2Cc2c(OC)cc(C)c3c2ccn3C(=O)OC(C)(C)C)ccc1C=O. The summed E-state index contributed by atoms with van der Waals surface area (Å²) < 4.78 is 39.7. The molecule has 1 N–H and O–H groups in total. The van der Waals surface area contributed by atoms with E-state index >= 15 is 0 Å². The van der Waals surface area contributed by atoms with Crippen LogP contribution in [0.1, 0.15) is 60.8 Å². The molecule has 0 bridgehead atoms. The number of alkyl halides is 2. The van der Waals surface area contributed by atoms with E-state index in [9.17, 15) is 18.4 Å². The second kappa shape index (κ2) is 12.6. The number of carbonyl (C=O) groups excluding carboxylic acids is 2. The van der Waals surface area contributed by atoms with Gasteiger partial charge in [0.1, 0.15) is 11.4 Å². The third kappa shape index (κ3) is 6.87. The lowest BCUT2D eigenvalue weighted by Gasteiger charge is -2.42. The molecule has 0 aliphatic carbocycles. The number of benzene rings is 2. The molecule has 0 spiro atoms. The van der Waals surface area contributed by atoms with Crippen LogP contribution in [-0.2, 0) is 11.3 Å². The number of nitrogens with zero attached hydrogens (tertiary/aromatic N) is 3. The number of hydrogen-bond donors (Lipinski definition) is 1. The highest BCUT2D eigenvalue weighted by atomic mass is 19.3. The Hall–Kier alpha value is -3.50. The third-order valence-corrected chi connectivity index (χ3v) is 7.33. The summed E-state index contributed by atoms with van der Waals surface area (Å²) in [6.45, 7) is 11.6. The van der Waals surface area contributed by atoms with Crippen LogP contribution in [0.25, 0.3) is 10.9 Å².